The molecule has 0 bridgehead atoms. The fourth-order valence-electron chi connectivity index (χ4n) is 2.51. The Bertz CT molecular complexity index is 1080. The molecule has 0 fully saturated rings. The van der Waals surface area contributed by atoms with E-state index in [1.807, 2.05) is 13.8 Å². The Hall–Kier alpha value is -2.74. The summed E-state index contributed by atoms with van der Waals surface area (Å²) in [5.41, 5.74) is 0.495. The lowest BCUT2D eigenvalue weighted by molar-refractivity contribution is 0.0922. The molecule has 0 aromatic carbocycles. The van der Waals surface area contributed by atoms with Gasteiger partial charge in [0.25, 0.3) is 11.5 Å². The standard InChI is InChI=1S/C17H17N3O4S/c1-8-6-11(21)7-12(24-8)15(22)18-5-4-13-19-16(23)14-9(2)10(3)25-17(14)20-13/h6-7H,4-5H2,1-3H3,(H,18,22)(H,19,20,23). The third kappa shape index (κ3) is 3.53. The normalized spacial score (nSPS) is 11.0. The number of carbonyl (C=O) groups excluding carboxylic acids is 1. The van der Waals surface area contributed by atoms with E-state index in [1.165, 1.54) is 17.4 Å². The number of aromatic amines is 1. The summed E-state index contributed by atoms with van der Waals surface area (Å²) in [4.78, 5) is 44.6. The highest BCUT2D eigenvalue weighted by Gasteiger charge is 2.13. The smallest absolute Gasteiger partial charge is 0.287 e. The van der Waals surface area contributed by atoms with Gasteiger partial charge >= 0.3 is 0 Å². The summed E-state index contributed by atoms with van der Waals surface area (Å²) in [6.07, 6.45) is 0.364. The molecule has 2 N–H and O–H groups in total. The molecule has 3 rings (SSSR count). The van der Waals surface area contributed by atoms with Crippen molar-refractivity contribution in [3.05, 3.63) is 60.5 Å². The van der Waals surface area contributed by atoms with Gasteiger partial charge in [-0.1, -0.05) is 0 Å². The zero-order chi connectivity index (χ0) is 18.1. The van der Waals surface area contributed by atoms with Crippen molar-refractivity contribution >= 4 is 27.5 Å². The van der Waals surface area contributed by atoms with Gasteiger partial charge in [-0.25, -0.2) is 4.98 Å². The molecule has 3 aromatic rings. The van der Waals surface area contributed by atoms with Gasteiger partial charge in [0, 0.05) is 30.0 Å². The van der Waals surface area contributed by atoms with Gasteiger partial charge in [0.05, 0.1) is 5.39 Å². The number of hydrogen-bond acceptors (Lipinski definition) is 6. The van der Waals surface area contributed by atoms with Crippen LogP contribution in [0.25, 0.3) is 10.2 Å². The predicted molar refractivity (Wildman–Crippen MR) is 95.5 cm³/mol. The second-order valence-corrected chi connectivity index (χ2v) is 6.95. The van der Waals surface area contributed by atoms with E-state index in [4.69, 9.17) is 4.42 Å². The molecule has 0 atom stereocenters. The van der Waals surface area contributed by atoms with Crippen molar-refractivity contribution in [2.75, 3.05) is 6.54 Å². The molecule has 0 unspecified atom stereocenters. The maximum Gasteiger partial charge on any atom is 0.287 e. The lowest BCUT2D eigenvalue weighted by Crippen LogP contribution is -2.27. The third-order valence-corrected chi connectivity index (χ3v) is 4.95. The Balaban J connectivity index is 1.71. The van der Waals surface area contributed by atoms with Gasteiger partial charge in [0.1, 0.15) is 16.4 Å². The van der Waals surface area contributed by atoms with Crippen molar-refractivity contribution in [1.82, 2.24) is 15.3 Å². The number of amides is 1. The van der Waals surface area contributed by atoms with Crippen LogP contribution in [0, 0.1) is 20.8 Å². The molecule has 130 valence electrons. The average Bonchev–Trinajstić information content (AvgIpc) is 2.81. The molecule has 0 saturated carbocycles. The number of H-pyrrole nitrogens is 1. The number of nitrogens with zero attached hydrogens (tertiary/aromatic N) is 1. The van der Waals surface area contributed by atoms with Crippen molar-refractivity contribution in [2.24, 2.45) is 0 Å². The Morgan fingerprint density at radius 3 is 2.76 bits per heavy atom. The molecule has 1 amide bonds. The van der Waals surface area contributed by atoms with Gasteiger partial charge in [0.15, 0.2) is 11.2 Å². The van der Waals surface area contributed by atoms with Crippen molar-refractivity contribution in [2.45, 2.75) is 27.2 Å². The first-order valence-electron chi connectivity index (χ1n) is 7.74. The number of carbonyl (C=O) groups is 1. The van der Waals surface area contributed by atoms with Gasteiger partial charge in [-0.2, -0.15) is 0 Å². The van der Waals surface area contributed by atoms with Crippen LogP contribution in [0.2, 0.25) is 0 Å². The lowest BCUT2D eigenvalue weighted by Gasteiger charge is -2.05. The molecular formula is C17H17N3O4S. The molecule has 3 aromatic heterocycles. The summed E-state index contributed by atoms with van der Waals surface area (Å²) in [7, 11) is 0. The zero-order valence-corrected chi connectivity index (χ0v) is 14.9. The maximum atomic E-state index is 12.2. The first kappa shape index (κ1) is 17.1. The number of fused-ring (bicyclic) bond motifs is 1. The molecule has 0 aliphatic rings. The molecule has 25 heavy (non-hydrogen) atoms. The number of nitrogens with one attached hydrogen (secondary N) is 2. The highest BCUT2D eigenvalue weighted by Crippen LogP contribution is 2.25. The molecule has 0 saturated heterocycles. The number of aryl methyl sites for hydroxylation is 3. The third-order valence-electron chi connectivity index (χ3n) is 3.85. The van der Waals surface area contributed by atoms with E-state index >= 15 is 0 Å². The topological polar surface area (TPSA) is 105 Å². The van der Waals surface area contributed by atoms with Crippen LogP contribution in [-0.4, -0.2) is 22.4 Å². The van der Waals surface area contributed by atoms with E-state index in [9.17, 15) is 14.4 Å². The zero-order valence-electron chi connectivity index (χ0n) is 14.1. The van der Waals surface area contributed by atoms with E-state index in [2.05, 4.69) is 15.3 Å². The number of thiophene rings is 1. The summed E-state index contributed by atoms with van der Waals surface area (Å²) >= 11 is 1.48. The summed E-state index contributed by atoms with van der Waals surface area (Å²) < 4.78 is 5.23. The largest absolute Gasteiger partial charge is 0.456 e. The van der Waals surface area contributed by atoms with Gasteiger partial charge in [-0.05, 0) is 26.3 Å². The van der Waals surface area contributed by atoms with Crippen LogP contribution in [0.1, 0.15) is 32.6 Å². The van der Waals surface area contributed by atoms with Gasteiger partial charge < -0.3 is 14.7 Å². The maximum absolute atomic E-state index is 12.2. The number of hydrogen-bond donors (Lipinski definition) is 2. The van der Waals surface area contributed by atoms with Crippen LogP contribution in [0.15, 0.2) is 26.1 Å². The predicted octanol–water partition coefficient (Wildman–Crippen LogP) is 1.84. The minimum absolute atomic E-state index is 0.0357. The van der Waals surface area contributed by atoms with Crippen LogP contribution in [0.4, 0.5) is 0 Å². The van der Waals surface area contributed by atoms with Gasteiger partial charge in [-0.3, -0.25) is 14.4 Å². The van der Waals surface area contributed by atoms with Crippen LogP contribution in [0.3, 0.4) is 0 Å². The van der Waals surface area contributed by atoms with Gasteiger partial charge in [-0.15, -0.1) is 11.3 Å². The van der Waals surface area contributed by atoms with Crippen LogP contribution < -0.4 is 16.3 Å². The minimum atomic E-state index is -0.480. The Kier molecular flexibility index (Phi) is 4.54. The molecule has 7 nitrogen and oxygen atoms in total. The second kappa shape index (κ2) is 6.64. The molecule has 3 heterocycles. The molecule has 0 aliphatic carbocycles. The van der Waals surface area contributed by atoms with E-state index in [0.29, 0.717) is 28.2 Å². The summed E-state index contributed by atoms with van der Waals surface area (Å²) in [5, 5.41) is 3.28. The first-order chi connectivity index (χ1) is 11.8. The molecule has 0 radical (unpaired) electrons. The monoisotopic (exact) mass is 359 g/mol. The number of rotatable bonds is 4. The average molecular weight is 359 g/mol. The summed E-state index contributed by atoms with van der Waals surface area (Å²) in [5.74, 6) is 0.362. The van der Waals surface area contributed by atoms with E-state index in [0.717, 1.165) is 16.5 Å². The number of aromatic nitrogens is 2. The molecular weight excluding hydrogens is 342 g/mol. The molecule has 0 aliphatic heterocycles. The molecule has 0 spiro atoms. The highest BCUT2D eigenvalue weighted by molar-refractivity contribution is 7.18. The quantitative estimate of drug-likeness (QED) is 0.739. The van der Waals surface area contributed by atoms with E-state index in [-0.39, 0.29) is 23.3 Å². The van der Waals surface area contributed by atoms with Crippen molar-refractivity contribution in [3.8, 4) is 0 Å². The Morgan fingerprint density at radius 2 is 2.04 bits per heavy atom. The Morgan fingerprint density at radius 1 is 1.28 bits per heavy atom. The fourth-order valence-corrected chi connectivity index (χ4v) is 3.56. The minimum Gasteiger partial charge on any atom is -0.456 e. The first-order valence-corrected chi connectivity index (χ1v) is 8.55. The van der Waals surface area contributed by atoms with Crippen LogP contribution in [-0.2, 0) is 6.42 Å². The van der Waals surface area contributed by atoms with Crippen LogP contribution in [0.5, 0.6) is 0 Å². The van der Waals surface area contributed by atoms with Crippen molar-refractivity contribution in [1.29, 1.82) is 0 Å². The van der Waals surface area contributed by atoms with E-state index < -0.39 is 5.91 Å². The Labute approximate surface area is 146 Å². The second-order valence-electron chi connectivity index (χ2n) is 5.75. The van der Waals surface area contributed by atoms with Gasteiger partial charge in [0.2, 0.25) is 0 Å². The fraction of sp³-hybridized carbons (Fsp3) is 0.294. The summed E-state index contributed by atoms with van der Waals surface area (Å²) in [6.45, 7) is 5.72. The lowest BCUT2D eigenvalue weighted by atomic mass is 10.2. The SMILES string of the molecule is Cc1cc(=O)cc(C(=O)NCCc2nc3sc(C)c(C)c3c(=O)[nH]2)o1. The van der Waals surface area contributed by atoms with Crippen molar-refractivity contribution in [3.63, 3.8) is 0 Å². The van der Waals surface area contributed by atoms with E-state index in [1.54, 1.807) is 6.92 Å². The molecule has 8 heteroatoms. The van der Waals surface area contributed by atoms with Crippen LogP contribution >= 0.6 is 11.3 Å². The summed E-state index contributed by atoms with van der Waals surface area (Å²) in [6, 6.07) is 2.46. The van der Waals surface area contributed by atoms with Crippen molar-refractivity contribution < 1.29 is 9.21 Å². The highest BCUT2D eigenvalue weighted by atomic mass is 32.1.